The Morgan fingerprint density at radius 1 is 1.20 bits per heavy atom. The summed E-state index contributed by atoms with van der Waals surface area (Å²) < 4.78 is 1.70. The van der Waals surface area contributed by atoms with E-state index < -0.39 is 6.04 Å². The first-order valence-corrected chi connectivity index (χ1v) is 8.99. The number of fused-ring (bicyclic) bond motifs is 1. The van der Waals surface area contributed by atoms with E-state index in [2.05, 4.69) is 40.0 Å². The topological polar surface area (TPSA) is 84.7 Å². The SMILES string of the molecule is CC(C)C1NCCCCNC(=O)C(Cc2ccccc2)n2nnnc21. The highest BCUT2D eigenvalue weighted by Crippen LogP contribution is 2.24. The van der Waals surface area contributed by atoms with Gasteiger partial charge in [0.15, 0.2) is 5.82 Å². The molecule has 0 bridgehead atoms. The molecule has 1 aliphatic heterocycles. The molecular formula is C18H26N6O. The summed E-state index contributed by atoms with van der Waals surface area (Å²) in [6, 6.07) is 9.57. The molecule has 1 aromatic carbocycles. The second-order valence-electron chi connectivity index (χ2n) is 6.86. The summed E-state index contributed by atoms with van der Waals surface area (Å²) in [5.41, 5.74) is 1.09. The van der Waals surface area contributed by atoms with Gasteiger partial charge in [0.1, 0.15) is 6.04 Å². The van der Waals surface area contributed by atoms with Crippen LogP contribution in [0.5, 0.6) is 0 Å². The summed E-state index contributed by atoms with van der Waals surface area (Å²) >= 11 is 0. The van der Waals surface area contributed by atoms with E-state index in [0.717, 1.165) is 30.8 Å². The fourth-order valence-corrected chi connectivity index (χ4v) is 3.22. The predicted octanol–water partition coefficient (Wildman–Crippen LogP) is 1.65. The number of hydrogen-bond donors (Lipinski definition) is 2. The van der Waals surface area contributed by atoms with E-state index in [1.54, 1.807) is 4.68 Å². The highest BCUT2D eigenvalue weighted by molar-refractivity contribution is 5.80. The second kappa shape index (κ2) is 8.20. The lowest BCUT2D eigenvalue weighted by atomic mass is 10.0. The molecule has 1 aliphatic rings. The summed E-state index contributed by atoms with van der Waals surface area (Å²) in [7, 11) is 0. The van der Waals surface area contributed by atoms with Crippen molar-refractivity contribution in [3.63, 3.8) is 0 Å². The number of amides is 1. The third-order valence-electron chi connectivity index (χ3n) is 4.60. The average Bonchev–Trinajstić information content (AvgIpc) is 3.07. The summed E-state index contributed by atoms with van der Waals surface area (Å²) in [5.74, 6) is 1.03. The monoisotopic (exact) mass is 342 g/mol. The Bertz CT molecular complexity index is 684. The van der Waals surface area contributed by atoms with Gasteiger partial charge in [0, 0.05) is 13.0 Å². The van der Waals surface area contributed by atoms with Crippen molar-refractivity contribution in [2.75, 3.05) is 13.1 Å². The van der Waals surface area contributed by atoms with Crippen molar-refractivity contribution in [1.29, 1.82) is 0 Å². The minimum absolute atomic E-state index is 0.0261. The van der Waals surface area contributed by atoms with Gasteiger partial charge in [-0.15, -0.1) is 5.10 Å². The molecule has 2 atom stereocenters. The summed E-state index contributed by atoms with van der Waals surface area (Å²) in [6.45, 7) is 5.84. The summed E-state index contributed by atoms with van der Waals surface area (Å²) in [5, 5.41) is 18.9. The van der Waals surface area contributed by atoms with Crippen LogP contribution in [-0.2, 0) is 11.2 Å². The van der Waals surface area contributed by atoms with Crippen LogP contribution in [0.25, 0.3) is 0 Å². The third kappa shape index (κ3) is 4.22. The maximum absolute atomic E-state index is 12.8. The zero-order chi connectivity index (χ0) is 17.6. The number of tetrazole rings is 1. The molecule has 0 fully saturated rings. The van der Waals surface area contributed by atoms with Gasteiger partial charge in [-0.2, -0.15) is 0 Å². The minimum Gasteiger partial charge on any atom is -0.354 e. The number of rotatable bonds is 3. The van der Waals surface area contributed by atoms with Gasteiger partial charge < -0.3 is 10.6 Å². The van der Waals surface area contributed by atoms with Crippen LogP contribution < -0.4 is 10.6 Å². The molecule has 0 aliphatic carbocycles. The third-order valence-corrected chi connectivity index (χ3v) is 4.60. The van der Waals surface area contributed by atoms with E-state index in [1.165, 1.54) is 0 Å². The van der Waals surface area contributed by atoms with Gasteiger partial charge in [0.25, 0.3) is 0 Å². The maximum Gasteiger partial charge on any atom is 0.245 e. The number of nitrogens with zero attached hydrogens (tertiary/aromatic N) is 4. The number of nitrogens with one attached hydrogen (secondary N) is 2. The van der Waals surface area contributed by atoms with Crippen LogP contribution in [0.3, 0.4) is 0 Å². The van der Waals surface area contributed by atoms with E-state index in [-0.39, 0.29) is 11.9 Å². The van der Waals surface area contributed by atoms with Gasteiger partial charge in [0.2, 0.25) is 5.91 Å². The molecule has 2 heterocycles. The molecule has 134 valence electrons. The number of aromatic nitrogens is 4. The quantitative estimate of drug-likeness (QED) is 0.886. The van der Waals surface area contributed by atoms with Crippen LogP contribution in [0.1, 0.15) is 50.2 Å². The van der Waals surface area contributed by atoms with Gasteiger partial charge in [-0.1, -0.05) is 44.2 Å². The fraction of sp³-hybridized carbons (Fsp3) is 0.556. The normalized spacial score (nSPS) is 22.1. The Hall–Kier alpha value is -2.28. The van der Waals surface area contributed by atoms with Crippen LogP contribution in [0, 0.1) is 5.92 Å². The average molecular weight is 342 g/mol. The Morgan fingerprint density at radius 2 is 1.96 bits per heavy atom. The molecule has 0 saturated carbocycles. The van der Waals surface area contributed by atoms with Crippen LogP contribution >= 0.6 is 0 Å². The Labute approximate surface area is 148 Å². The van der Waals surface area contributed by atoms with E-state index in [4.69, 9.17) is 0 Å². The smallest absolute Gasteiger partial charge is 0.245 e. The predicted molar refractivity (Wildman–Crippen MR) is 94.8 cm³/mol. The van der Waals surface area contributed by atoms with Gasteiger partial charge in [-0.05, 0) is 41.3 Å². The fourth-order valence-electron chi connectivity index (χ4n) is 3.22. The van der Waals surface area contributed by atoms with Crippen molar-refractivity contribution in [3.05, 3.63) is 41.7 Å². The first-order valence-electron chi connectivity index (χ1n) is 8.99. The molecule has 1 amide bonds. The number of hydrogen-bond acceptors (Lipinski definition) is 5. The lowest BCUT2D eigenvalue weighted by molar-refractivity contribution is -0.124. The molecule has 2 N–H and O–H groups in total. The van der Waals surface area contributed by atoms with Gasteiger partial charge in [0.05, 0.1) is 6.04 Å². The summed E-state index contributed by atoms with van der Waals surface area (Å²) in [6.07, 6.45) is 2.53. The van der Waals surface area contributed by atoms with Crippen LogP contribution in [0.4, 0.5) is 0 Å². The van der Waals surface area contributed by atoms with Crippen molar-refractivity contribution in [3.8, 4) is 0 Å². The largest absolute Gasteiger partial charge is 0.354 e. The Balaban J connectivity index is 1.97. The molecule has 3 rings (SSSR count). The highest BCUT2D eigenvalue weighted by Gasteiger charge is 2.30. The second-order valence-corrected chi connectivity index (χ2v) is 6.86. The number of carbonyl (C=O) groups excluding carboxylic acids is 1. The zero-order valence-corrected chi connectivity index (χ0v) is 14.9. The first kappa shape index (κ1) is 17.5. The van der Waals surface area contributed by atoms with Crippen molar-refractivity contribution >= 4 is 5.91 Å². The number of benzene rings is 1. The van der Waals surface area contributed by atoms with E-state index in [0.29, 0.717) is 18.9 Å². The van der Waals surface area contributed by atoms with Gasteiger partial charge >= 0.3 is 0 Å². The lowest BCUT2D eigenvalue weighted by Crippen LogP contribution is -2.37. The lowest BCUT2D eigenvalue weighted by Gasteiger charge is -2.24. The van der Waals surface area contributed by atoms with Crippen molar-refractivity contribution in [2.24, 2.45) is 5.92 Å². The first-order chi connectivity index (χ1) is 12.2. The Kier molecular flexibility index (Phi) is 5.75. The van der Waals surface area contributed by atoms with Gasteiger partial charge in [-0.25, -0.2) is 4.68 Å². The molecule has 2 aromatic rings. The molecule has 7 heteroatoms. The molecule has 25 heavy (non-hydrogen) atoms. The minimum atomic E-state index is -0.450. The molecule has 1 aromatic heterocycles. The molecular weight excluding hydrogens is 316 g/mol. The van der Waals surface area contributed by atoms with Crippen molar-refractivity contribution in [2.45, 2.75) is 45.2 Å². The van der Waals surface area contributed by atoms with Crippen LogP contribution in [0.2, 0.25) is 0 Å². The van der Waals surface area contributed by atoms with E-state index >= 15 is 0 Å². The molecule has 2 unspecified atom stereocenters. The van der Waals surface area contributed by atoms with Gasteiger partial charge in [-0.3, -0.25) is 4.79 Å². The zero-order valence-electron chi connectivity index (χ0n) is 14.9. The molecule has 7 nitrogen and oxygen atoms in total. The van der Waals surface area contributed by atoms with Crippen molar-refractivity contribution < 1.29 is 4.79 Å². The van der Waals surface area contributed by atoms with E-state index in [9.17, 15) is 4.79 Å². The number of carbonyl (C=O) groups is 1. The molecule has 0 radical (unpaired) electrons. The van der Waals surface area contributed by atoms with Crippen LogP contribution in [0.15, 0.2) is 30.3 Å². The highest BCUT2D eigenvalue weighted by atomic mass is 16.2. The summed E-state index contributed by atoms with van der Waals surface area (Å²) in [4.78, 5) is 12.8. The van der Waals surface area contributed by atoms with Crippen LogP contribution in [-0.4, -0.2) is 39.2 Å². The van der Waals surface area contributed by atoms with Crippen molar-refractivity contribution in [1.82, 2.24) is 30.8 Å². The van der Waals surface area contributed by atoms with E-state index in [1.807, 2.05) is 30.3 Å². The standard InChI is InChI=1S/C18H26N6O/c1-13(2)16-17-21-22-23-24(17)15(12-14-8-4-3-5-9-14)18(25)20-11-7-6-10-19-16/h3-5,8-9,13,15-16,19H,6-7,10-12H2,1-2H3,(H,20,25). The molecule has 0 spiro atoms. The maximum atomic E-state index is 12.8. The Morgan fingerprint density at radius 3 is 2.72 bits per heavy atom. The molecule has 0 saturated heterocycles.